The molecule has 3 saturated heterocycles. The number of hydrogen-bond acceptors (Lipinski definition) is 5. The standard InChI is InChI=1S/C29H32N4O5S/c34-27(22-5-6-22)31-16-19(17-31)18-33-26(30-29(28(33)35)10-12-32(13-11-29)39(36)37)21-3-1-20(2-4-21)23-7-8-25-24(15-23)9-14-38-25/h1-4,7-9,14-15,19,22,26,30H,5-6,10-13,16-18H2,(H,36,37). The van der Waals surface area contributed by atoms with Gasteiger partial charge in [-0.1, -0.05) is 30.3 Å². The van der Waals surface area contributed by atoms with E-state index in [9.17, 15) is 18.4 Å². The third-order valence-electron chi connectivity index (χ3n) is 8.85. The zero-order chi connectivity index (χ0) is 26.7. The topological polar surface area (TPSA) is 106 Å². The van der Waals surface area contributed by atoms with E-state index in [1.54, 1.807) is 6.26 Å². The molecule has 39 heavy (non-hydrogen) atoms. The van der Waals surface area contributed by atoms with Gasteiger partial charge in [-0.25, -0.2) is 8.51 Å². The van der Waals surface area contributed by atoms with Crippen molar-refractivity contribution in [2.24, 2.45) is 11.8 Å². The molecule has 2 amide bonds. The Kier molecular flexibility index (Phi) is 6.11. The van der Waals surface area contributed by atoms with Crippen LogP contribution in [-0.2, 0) is 20.9 Å². The lowest BCUT2D eigenvalue weighted by Crippen LogP contribution is -2.56. The molecule has 0 bridgehead atoms. The molecule has 1 aromatic heterocycles. The number of nitrogens with zero attached hydrogens (tertiary/aromatic N) is 3. The zero-order valence-corrected chi connectivity index (χ0v) is 22.4. The molecule has 204 valence electrons. The molecule has 3 aromatic rings. The number of likely N-dealkylation sites (tertiary alicyclic amines) is 1. The second kappa shape index (κ2) is 9.55. The van der Waals surface area contributed by atoms with Crippen molar-refractivity contribution in [1.29, 1.82) is 0 Å². The summed E-state index contributed by atoms with van der Waals surface area (Å²) in [6.07, 6.45) is 4.36. The minimum absolute atomic E-state index is 0.0531. The fraction of sp³-hybridized carbons (Fsp3) is 0.448. The van der Waals surface area contributed by atoms with Crippen LogP contribution in [-0.4, -0.2) is 72.9 Å². The highest BCUT2D eigenvalue weighted by atomic mass is 32.2. The van der Waals surface area contributed by atoms with Crippen LogP contribution in [0.1, 0.15) is 37.4 Å². The summed E-state index contributed by atoms with van der Waals surface area (Å²) in [4.78, 5) is 30.3. The summed E-state index contributed by atoms with van der Waals surface area (Å²) in [5, 5.41) is 4.71. The number of furan rings is 1. The zero-order valence-electron chi connectivity index (χ0n) is 21.6. The third-order valence-corrected chi connectivity index (χ3v) is 9.66. The van der Waals surface area contributed by atoms with Crippen LogP contribution in [0.4, 0.5) is 0 Å². The third kappa shape index (κ3) is 4.49. The fourth-order valence-corrected chi connectivity index (χ4v) is 6.86. The molecule has 1 spiro atoms. The van der Waals surface area contributed by atoms with Crippen molar-refractivity contribution in [3.05, 3.63) is 60.4 Å². The van der Waals surface area contributed by atoms with Gasteiger partial charge in [-0.15, -0.1) is 0 Å². The summed E-state index contributed by atoms with van der Waals surface area (Å²) < 4.78 is 28.1. The Morgan fingerprint density at radius 1 is 1.05 bits per heavy atom. The van der Waals surface area contributed by atoms with Crippen molar-refractivity contribution in [3.8, 4) is 11.1 Å². The molecule has 2 aromatic carbocycles. The number of piperidine rings is 1. The van der Waals surface area contributed by atoms with Gasteiger partial charge in [-0.3, -0.25) is 19.5 Å². The Hall–Kier alpha value is -3.05. The maximum atomic E-state index is 14.0. The van der Waals surface area contributed by atoms with Crippen molar-refractivity contribution in [3.63, 3.8) is 0 Å². The molecule has 1 aliphatic carbocycles. The average Bonchev–Trinajstić information content (AvgIpc) is 3.62. The van der Waals surface area contributed by atoms with Gasteiger partial charge in [0.25, 0.3) is 0 Å². The summed E-state index contributed by atoms with van der Waals surface area (Å²) in [6.45, 7) is 2.74. The predicted molar refractivity (Wildman–Crippen MR) is 146 cm³/mol. The predicted octanol–water partition coefficient (Wildman–Crippen LogP) is 3.37. The van der Waals surface area contributed by atoms with Crippen molar-refractivity contribution in [1.82, 2.24) is 19.4 Å². The molecule has 1 saturated carbocycles. The van der Waals surface area contributed by atoms with Crippen LogP contribution in [0.3, 0.4) is 0 Å². The summed E-state index contributed by atoms with van der Waals surface area (Å²) in [6, 6.07) is 16.4. The second-order valence-electron chi connectivity index (χ2n) is 11.4. The molecular weight excluding hydrogens is 516 g/mol. The highest BCUT2D eigenvalue weighted by molar-refractivity contribution is 7.76. The first kappa shape index (κ1) is 25.0. The van der Waals surface area contributed by atoms with Gasteiger partial charge < -0.3 is 14.2 Å². The van der Waals surface area contributed by atoms with Gasteiger partial charge in [0.15, 0.2) is 0 Å². The molecular formula is C29H32N4O5S. The molecule has 2 atom stereocenters. The maximum Gasteiger partial charge on any atom is 0.244 e. The molecule has 9 nitrogen and oxygen atoms in total. The molecule has 7 rings (SSSR count). The summed E-state index contributed by atoms with van der Waals surface area (Å²) >= 11 is -2.03. The molecule has 4 aliphatic rings. The largest absolute Gasteiger partial charge is 0.464 e. The lowest BCUT2D eigenvalue weighted by atomic mass is 9.88. The Balaban J connectivity index is 1.12. The van der Waals surface area contributed by atoms with Gasteiger partial charge in [0, 0.05) is 49.9 Å². The smallest absolute Gasteiger partial charge is 0.244 e. The summed E-state index contributed by atoms with van der Waals surface area (Å²) in [5.74, 6) is 0.783. The lowest BCUT2D eigenvalue weighted by Gasteiger charge is -2.42. The number of hydrogen-bond donors (Lipinski definition) is 2. The van der Waals surface area contributed by atoms with Gasteiger partial charge >= 0.3 is 0 Å². The summed E-state index contributed by atoms with van der Waals surface area (Å²) in [5.41, 5.74) is 3.29. The maximum absolute atomic E-state index is 14.0. The molecule has 4 fully saturated rings. The number of nitrogens with one attached hydrogen (secondary N) is 1. The SMILES string of the molecule is O=C(C1CC1)N1CC(CN2C(=O)C3(CCN(S(=O)O)CC3)NC2c2ccc(-c3ccc4occc4c3)cc2)C1. The molecule has 2 unspecified atom stereocenters. The first-order chi connectivity index (χ1) is 18.9. The quantitative estimate of drug-likeness (QED) is 0.458. The van der Waals surface area contributed by atoms with E-state index >= 15 is 0 Å². The minimum atomic E-state index is -2.03. The molecule has 3 aliphatic heterocycles. The molecule has 10 heteroatoms. The van der Waals surface area contributed by atoms with E-state index in [2.05, 4.69) is 35.6 Å². The normalized spacial score (nSPS) is 24.4. The number of benzene rings is 2. The minimum Gasteiger partial charge on any atom is -0.464 e. The molecule has 2 N–H and O–H groups in total. The lowest BCUT2D eigenvalue weighted by molar-refractivity contribution is -0.141. The van der Waals surface area contributed by atoms with Crippen molar-refractivity contribution in [2.75, 3.05) is 32.7 Å². The average molecular weight is 549 g/mol. The highest BCUT2D eigenvalue weighted by Crippen LogP contribution is 2.40. The van der Waals surface area contributed by atoms with Gasteiger partial charge in [0.1, 0.15) is 17.3 Å². The number of carbonyl (C=O) groups is 2. The van der Waals surface area contributed by atoms with Crippen LogP contribution >= 0.6 is 0 Å². The number of fused-ring (bicyclic) bond motifs is 1. The Morgan fingerprint density at radius 3 is 2.46 bits per heavy atom. The Morgan fingerprint density at radius 2 is 1.77 bits per heavy atom. The highest BCUT2D eigenvalue weighted by Gasteiger charge is 2.54. The van der Waals surface area contributed by atoms with E-state index in [1.165, 1.54) is 4.31 Å². The second-order valence-corrected chi connectivity index (χ2v) is 12.4. The van der Waals surface area contributed by atoms with E-state index in [0.717, 1.165) is 40.5 Å². The number of carbonyl (C=O) groups excluding carboxylic acids is 2. The summed E-state index contributed by atoms with van der Waals surface area (Å²) in [7, 11) is 0. The molecule has 4 heterocycles. The van der Waals surface area contributed by atoms with E-state index in [-0.39, 0.29) is 29.8 Å². The van der Waals surface area contributed by atoms with Crippen molar-refractivity contribution < 1.29 is 22.8 Å². The van der Waals surface area contributed by atoms with Crippen LogP contribution in [0.25, 0.3) is 22.1 Å². The van der Waals surface area contributed by atoms with Gasteiger partial charge in [-0.05, 0) is 60.6 Å². The Bertz CT molecular complexity index is 1440. The fourth-order valence-electron chi connectivity index (χ4n) is 6.36. The van der Waals surface area contributed by atoms with Crippen LogP contribution < -0.4 is 5.32 Å². The van der Waals surface area contributed by atoms with Crippen LogP contribution in [0.2, 0.25) is 0 Å². The van der Waals surface area contributed by atoms with Crippen molar-refractivity contribution in [2.45, 2.75) is 37.4 Å². The van der Waals surface area contributed by atoms with E-state index in [0.29, 0.717) is 45.6 Å². The first-order valence-electron chi connectivity index (χ1n) is 13.7. The number of rotatable bonds is 6. The van der Waals surface area contributed by atoms with E-state index in [4.69, 9.17) is 4.42 Å². The van der Waals surface area contributed by atoms with Crippen LogP contribution in [0.15, 0.2) is 59.2 Å². The van der Waals surface area contributed by atoms with Crippen LogP contribution in [0.5, 0.6) is 0 Å². The Labute approximate surface area is 229 Å². The van der Waals surface area contributed by atoms with Gasteiger partial charge in [0.05, 0.1) is 6.26 Å². The van der Waals surface area contributed by atoms with Crippen molar-refractivity contribution >= 4 is 34.1 Å². The van der Waals surface area contributed by atoms with Gasteiger partial charge in [0.2, 0.25) is 23.1 Å². The number of amides is 2. The monoisotopic (exact) mass is 548 g/mol. The molecule has 0 radical (unpaired) electrons. The van der Waals surface area contributed by atoms with E-state index < -0.39 is 16.8 Å². The first-order valence-corrected chi connectivity index (χ1v) is 14.8. The van der Waals surface area contributed by atoms with Crippen LogP contribution in [0, 0.1) is 11.8 Å². The van der Waals surface area contributed by atoms with E-state index in [1.807, 2.05) is 28.0 Å². The van der Waals surface area contributed by atoms with Gasteiger partial charge in [-0.2, -0.15) is 0 Å².